The number of rotatable bonds is 5. The molecular formula is C10H12F6O2. The van der Waals surface area contributed by atoms with Crippen LogP contribution in [0, 0.1) is 0 Å². The zero-order chi connectivity index (χ0) is 14.9. The number of hydrogen-bond donors (Lipinski definition) is 0. The van der Waals surface area contributed by atoms with Crippen LogP contribution >= 0.6 is 0 Å². The van der Waals surface area contributed by atoms with Crippen LogP contribution in [0.3, 0.4) is 0 Å². The second-order valence-corrected chi connectivity index (χ2v) is 4.18. The van der Waals surface area contributed by atoms with Crippen molar-refractivity contribution in [1.29, 1.82) is 0 Å². The summed E-state index contributed by atoms with van der Waals surface area (Å²) in [6, 6.07) is 0. The molecule has 0 atom stereocenters. The molecular weight excluding hydrogens is 266 g/mol. The molecule has 0 saturated carbocycles. The van der Waals surface area contributed by atoms with Crippen LogP contribution in [0.25, 0.3) is 0 Å². The maximum atomic E-state index is 13.3. The summed E-state index contributed by atoms with van der Waals surface area (Å²) in [5.74, 6) is -12.2. The normalized spacial score (nSPS) is 13.7. The smallest absolute Gasteiger partial charge is 0.373 e. The molecule has 0 aromatic carbocycles. The lowest BCUT2D eigenvalue weighted by Crippen LogP contribution is -2.60. The Balaban J connectivity index is 5.32. The molecule has 0 fully saturated rings. The van der Waals surface area contributed by atoms with Crippen LogP contribution < -0.4 is 0 Å². The van der Waals surface area contributed by atoms with E-state index in [4.69, 9.17) is 0 Å². The van der Waals surface area contributed by atoms with Gasteiger partial charge in [-0.05, 0) is 20.8 Å². The Kier molecular flexibility index (Phi) is 4.49. The number of alkyl halides is 6. The van der Waals surface area contributed by atoms with Crippen LogP contribution in [0.5, 0.6) is 0 Å². The van der Waals surface area contributed by atoms with Gasteiger partial charge in [0.1, 0.15) is 0 Å². The molecule has 0 N–H and O–H groups in total. The Bertz CT molecular complexity index is 348. The van der Waals surface area contributed by atoms with Gasteiger partial charge in [-0.1, -0.05) is 6.58 Å². The van der Waals surface area contributed by atoms with Crippen molar-refractivity contribution < 1.29 is 35.9 Å². The van der Waals surface area contributed by atoms with Gasteiger partial charge in [-0.15, -0.1) is 0 Å². The molecule has 0 aliphatic rings. The number of carbonyl (C=O) groups excluding carboxylic acids is 1. The van der Waals surface area contributed by atoms with Gasteiger partial charge in [-0.3, -0.25) is 0 Å². The minimum Gasteiger partial charge on any atom is -0.450 e. The molecule has 0 amide bonds. The van der Waals surface area contributed by atoms with Gasteiger partial charge in [0, 0.05) is 5.57 Å². The SMILES string of the molecule is C=C(C)C(=O)OC(C)(C)C(F)(F)C(F)(F)C(F)F. The third-order valence-corrected chi connectivity index (χ3v) is 2.15. The maximum absolute atomic E-state index is 13.3. The van der Waals surface area contributed by atoms with E-state index in [1.165, 1.54) is 0 Å². The van der Waals surface area contributed by atoms with E-state index in [1.54, 1.807) is 0 Å². The van der Waals surface area contributed by atoms with Gasteiger partial charge in [0.05, 0.1) is 0 Å². The summed E-state index contributed by atoms with van der Waals surface area (Å²) in [7, 11) is 0. The van der Waals surface area contributed by atoms with Crippen molar-refractivity contribution in [3.63, 3.8) is 0 Å². The molecule has 0 bridgehead atoms. The molecule has 0 saturated heterocycles. The standard InChI is InChI=1S/C10H12F6O2/c1-5(2)6(17)18-8(3,4)10(15,16)9(13,14)7(11)12/h7H,1H2,2-4H3. The molecule has 0 heterocycles. The first-order valence-electron chi connectivity index (χ1n) is 4.70. The van der Waals surface area contributed by atoms with Crippen LogP contribution in [-0.2, 0) is 9.53 Å². The number of carbonyl (C=O) groups is 1. The van der Waals surface area contributed by atoms with E-state index in [0.29, 0.717) is 13.8 Å². The Hall–Kier alpha value is -1.21. The second-order valence-electron chi connectivity index (χ2n) is 4.18. The maximum Gasteiger partial charge on any atom is 0.373 e. The highest BCUT2D eigenvalue weighted by Crippen LogP contribution is 2.47. The molecule has 0 spiro atoms. The molecule has 2 nitrogen and oxygen atoms in total. The van der Waals surface area contributed by atoms with Crippen molar-refractivity contribution >= 4 is 5.97 Å². The van der Waals surface area contributed by atoms with Crippen LogP contribution in [0.15, 0.2) is 12.2 Å². The van der Waals surface area contributed by atoms with Gasteiger partial charge in [-0.2, -0.15) is 17.6 Å². The number of ether oxygens (including phenoxy) is 1. The monoisotopic (exact) mass is 278 g/mol. The van der Waals surface area contributed by atoms with Crippen LogP contribution in [0.1, 0.15) is 20.8 Å². The quantitative estimate of drug-likeness (QED) is 0.437. The fourth-order valence-electron chi connectivity index (χ4n) is 0.921. The van der Waals surface area contributed by atoms with E-state index < -0.39 is 29.8 Å². The van der Waals surface area contributed by atoms with E-state index in [-0.39, 0.29) is 5.57 Å². The van der Waals surface area contributed by atoms with Crippen molar-refractivity contribution in [2.75, 3.05) is 0 Å². The third-order valence-electron chi connectivity index (χ3n) is 2.15. The van der Waals surface area contributed by atoms with Gasteiger partial charge < -0.3 is 4.74 Å². The van der Waals surface area contributed by atoms with Crippen LogP contribution in [0.2, 0.25) is 0 Å². The number of hydrogen-bond acceptors (Lipinski definition) is 2. The lowest BCUT2D eigenvalue weighted by molar-refractivity contribution is -0.318. The third kappa shape index (κ3) is 2.78. The highest BCUT2D eigenvalue weighted by atomic mass is 19.3. The fourth-order valence-corrected chi connectivity index (χ4v) is 0.921. The van der Waals surface area contributed by atoms with Gasteiger partial charge in [-0.25, -0.2) is 13.6 Å². The molecule has 0 unspecified atom stereocenters. The zero-order valence-corrected chi connectivity index (χ0v) is 9.87. The molecule has 0 rings (SSSR count). The van der Waals surface area contributed by atoms with E-state index in [0.717, 1.165) is 6.92 Å². The minimum absolute atomic E-state index is 0.320. The van der Waals surface area contributed by atoms with E-state index in [2.05, 4.69) is 11.3 Å². The zero-order valence-electron chi connectivity index (χ0n) is 9.87. The molecule has 0 aliphatic heterocycles. The molecule has 18 heavy (non-hydrogen) atoms. The van der Waals surface area contributed by atoms with Crippen molar-refractivity contribution in [2.45, 2.75) is 44.6 Å². The highest BCUT2D eigenvalue weighted by molar-refractivity contribution is 5.87. The Morgan fingerprint density at radius 1 is 1.17 bits per heavy atom. The molecule has 0 aliphatic carbocycles. The second kappa shape index (κ2) is 4.81. The van der Waals surface area contributed by atoms with Crippen molar-refractivity contribution in [3.8, 4) is 0 Å². The first-order valence-corrected chi connectivity index (χ1v) is 4.70. The Morgan fingerprint density at radius 2 is 1.56 bits per heavy atom. The fraction of sp³-hybridized carbons (Fsp3) is 0.700. The van der Waals surface area contributed by atoms with Crippen molar-refractivity contribution in [3.05, 3.63) is 12.2 Å². The Morgan fingerprint density at radius 3 is 1.83 bits per heavy atom. The summed E-state index contributed by atoms with van der Waals surface area (Å²) in [5, 5.41) is 0. The lowest BCUT2D eigenvalue weighted by Gasteiger charge is -2.37. The summed E-state index contributed by atoms with van der Waals surface area (Å²) in [6.45, 7) is 5.00. The largest absolute Gasteiger partial charge is 0.450 e. The topological polar surface area (TPSA) is 26.3 Å². The van der Waals surface area contributed by atoms with Gasteiger partial charge in [0.2, 0.25) is 0 Å². The predicted molar refractivity (Wildman–Crippen MR) is 50.9 cm³/mol. The predicted octanol–water partition coefficient (Wildman–Crippen LogP) is 3.42. The number of halogens is 6. The van der Waals surface area contributed by atoms with Crippen molar-refractivity contribution in [2.24, 2.45) is 0 Å². The summed E-state index contributed by atoms with van der Waals surface area (Å²) >= 11 is 0. The first-order chi connectivity index (χ1) is 7.77. The van der Waals surface area contributed by atoms with Gasteiger partial charge in [0.25, 0.3) is 0 Å². The van der Waals surface area contributed by atoms with Gasteiger partial charge in [0.15, 0.2) is 5.60 Å². The highest BCUT2D eigenvalue weighted by Gasteiger charge is 2.71. The van der Waals surface area contributed by atoms with E-state index in [1.807, 2.05) is 0 Å². The van der Waals surface area contributed by atoms with Crippen molar-refractivity contribution in [1.82, 2.24) is 0 Å². The first kappa shape index (κ1) is 16.8. The molecule has 106 valence electrons. The molecule has 0 radical (unpaired) electrons. The Labute approximate surface area is 99.6 Å². The van der Waals surface area contributed by atoms with Crippen LogP contribution in [-0.4, -0.2) is 29.8 Å². The summed E-state index contributed by atoms with van der Waals surface area (Å²) in [5.41, 5.74) is -3.43. The minimum atomic E-state index is -5.62. The average Bonchev–Trinajstić information content (AvgIpc) is 2.15. The molecule has 0 aromatic rings. The van der Waals surface area contributed by atoms with Crippen LogP contribution in [0.4, 0.5) is 26.3 Å². The molecule has 0 aromatic heterocycles. The average molecular weight is 278 g/mol. The summed E-state index contributed by atoms with van der Waals surface area (Å²) < 4.78 is 80.1. The summed E-state index contributed by atoms with van der Waals surface area (Å²) in [4.78, 5) is 11.0. The lowest BCUT2D eigenvalue weighted by atomic mass is 9.94. The van der Waals surface area contributed by atoms with E-state index in [9.17, 15) is 31.1 Å². The van der Waals surface area contributed by atoms with E-state index >= 15 is 0 Å². The van der Waals surface area contributed by atoms with Gasteiger partial charge >= 0.3 is 24.2 Å². The summed E-state index contributed by atoms with van der Waals surface area (Å²) in [6.07, 6.45) is -4.59. The molecule has 8 heteroatoms. The number of esters is 1.